The van der Waals surface area contributed by atoms with Crippen molar-refractivity contribution in [3.63, 3.8) is 0 Å². The van der Waals surface area contributed by atoms with E-state index < -0.39 is 5.91 Å². The Morgan fingerprint density at radius 3 is 2.68 bits per heavy atom. The molecule has 2 N–H and O–H groups in total. The zero-order valence-corrected chi connectivity index (χ0v) is 11.7. The van der Waals surface area contributed by atoms with Gasteiger partial charge in [0.1, 0.15) is 23.2 Å². The summed E-state index contributed by atoms with van der Waals surface area (Å²) < 4.78 is 17.8. The second-order valence-electron chi connectivity index (χ2n) is 4.44. The predicted molar refractivity (Wildman–Crippen MR) is 77.5 cm³/mol. The van der Waals surface area contributed by atoms with Gasteiger partial charge in [-0.2, -0.15) is 5.26 Å². The van der Waals surface area contributed by atoms with Crippen molar-refractivity contribution in [3.05, 3.63) is 71.6 Å². The molecule has 1 aromatic carbocycles. The topological polar surface area (TPSA) is 78.1 Å². The number of furan rings is 1. The van der Waals surface area contributed by atoms with Gasteiger partial charge in [-0.15, -0.1) is 0 Å². The van der Waals surface area contributed by atoms with Crippen molar-refractivity contribution in [3.8, 4) is 6.07 Å². The van der Waals surface area contributed by atoms with Gasteiger partial charge in [0.15, 0.2) is 0 Å². The van der Waals surface area contributed by atoms with Crippen molar-refractivity contribution >= 4 is 5.91 Å². The molecular weight excluding hydrogens is 285 g/mol. The number of hydrogen-bond acceptors (Lipinski definition) is 4. The summed E-state index contributed by atoms with van der Waals surface area (Å²) in [6.07, 6.45) is 2.84. The molecule has 0 bridgehead atoms. The van der Waals surface area contributed by atoms with Crippen molar-refractivity contribution in [1.82, 2.24) is 10.6 Å². The maximum absolute atomic E-state index is 12.8. The van der Waals surface area contributed by atoms with Crippen molar-refractivity contribution < 1.29 is 13.6 Å². The second-order valence-corrected chi connectivity index (χ2v) is 4.44. The quantitative estimate of drug-likeness (QED) is 0.633. The average molecular weight is 299 g/mol. The third-order valence-corrected chi connectivity index (χ3v) is 2.83. The predicted octanol–water partition coefficient (Wildman–Crippen LogP) is 2.23. The summed E-state index contributed by atoms with van der Waals surface area (Å²) >= 11 is 0. The van der Waals surface area contributed by atoms with Gasteiger partial charge in [-0.3, -0.25) is 4.79 Å². The zero-order valence-electron chi connectivity index (χ0n) is 11.7. The van der Waals surface area contributed by atoms with Crippen LogP contribution in [0.2, 0.25) is 0 Å². The number of rotatable bonds is 6. The van der Waals surface area contributed by atoms with Crippen LogP contribution in [0.1, 0.15) is 11.3 Å². The lowest BCUT2D eigenvalue weighted by molar-refractivity contribution is -0.117. The molecule has 112 valence electrons. The molecule has 0 radical (unpaired) electrons. The Balaban J connectivity index is 1.85. The number of amides is 1. The molecule has 0 spiro atoms. The lowest BCUT2D eigenvalue weighted by atomic mass is 10.2. The molecule has 0 aliphatic carbocycles. The van der Waals surface area contributed by atoms with Crippen LogP contribution in [0.3, 0.4) is 0 Å². The highest BCUT2D eigenvalue weighted by molar-refractivity contribution is 5.97. The van der Waals surface area contributed by atoms with E-state index in [9.17, 15) is 9.18 Å². The molecule has 2 aromatic rings. The van der Waals surface area contributed by atoms with E-state index in [1.165, 1.54) is 24.6 Å². The second kappa shape index (κ2) is 7.64. The lowest BCUT2D eigenvalue weighted by Gasteiger charge is -2.04. The Morgan fingerprint density at radius 1 is 1.27 bits per heavy atom. The first-order chi connectivity index (χ1) is 10.7. The van der Waals surface area contributed by atoms with Crippen LogP contribution in [0.5, 0.6) is 0 Å². The van der Waals surface area contributed by atoms with E-state index in [0.717, 1.165) is 5.56 Å². The van der Waals surface area contributed by atoms with Gasteiger partial charge in [-0.1, -0.05) is 12.1 Å². The third-order valence-electron chi connectivity index (χ3n) is 2.83. The number of halogens is 1. The number of carbonyl (C=O) groups excluding carboxylic acids is 1. The Hall–Kier alpha value is -3.07. The summed E-state index contributed by atoms with van der Waals surface area (Å²) in [5, 5.41) is 14.4. The van der Waals surface area contributed by atoms with Crippen molar-refractivity contribution in [2.45, 2.75) is 13.1 Å². The third kappa shape index (κ3) is 4.49. The van der Waals surface area contributed by atoms with Gasteiger partial charge >= 0.3 is 0 Å². The first kappa shape index (κ1) is 15.3. The van der Waals surface area contributed by atoms with Gasteiger partial charge in [0.05, 0.1) is 12.8 Å². The van der Waals surface area contributed by atoms with Crippen molar-refractivity contribution in [2.24, 2.45) is 0 Å². The highest BCUT2D eigenvalue weighted by Crippen LogP contribution is 2.03. The Morgan fingerprint density at radius 2 is 2.05 bits per heavy atom. The van der Waals surface area contributed by atoms with E-state index >= 15 is 0 Å². The molecule has 1 heterocycles. The average Bonchev–Trinajstić information content (AvgIpc) is 3.04. The molecule has 0 aliphatic rings. The van der Waals surface area contributed by atoms with Crippen LogP contribution < -0.4 is 10.6 Å². The van der Waals surface area contributed by atoms with E-state index in [2.05, 4.69) is 10.6 Å². The summed E-state index contributed by atoms with van der Waals surface area (Å²) in [6, 6.07) is 11.2. The van der Waals surface area contributed by atoms with Gasteiger partial charge in [0.25, 0.3) is 5.91 Å². The molecule has 22 heavy (non-hydrogen) atoms. The summed E-state index contributed by atoms with van der Waals surface area (Å²) in [4.78, 5) is 11.8. The number of nitrogens with one attached hydrogen (secondary N) is 2. The molecule has 0 saturated heterocycles. The fraction of sp³-hybridized carbons (Fsp3) is 0.125. The molecule has 1 amide bonds. The Kier molecular flexibility index (Phi) is 5.32. The van der Waals surface area contributed by atoms with Gasteiger partial charge in [0, 0.05) is 12.7 Å². The summed E-state index contributed by atoms with van der Waals surface area (Å²) in [5.74, 6) is -0.204. The molecule has 0 unspecified atom stereocenters. The smallest absolute Gasteiger partial charge is 0.263 e. The Bertz CT molecular complexity index is 685. The minimum atomic E-state index is -0.495. The van der Waals surface area contributed by atoms with Crippen LogP contribution in [-0.4, -0.2) is 5.91 Å². The monoisotopic (exact) mass is 299 g/mol. The van der Waals surface area contributed by atoms with Crippen molar-refractivity contribution in [2.75, 3.05) is 0 Å². The Labute approximate surface area is 127 Å². The molecular formula is C16H14FN3O2. The molecule has 0 atom stereocenters. The number of nitrogens with zero attached hydrogens (tertiary/aromatic N) is 1. The van der Waals surface area contributed by atoms with Crippen LogP contribution in [0.25, 0.3) is 0 Å². The molecule has 0 fully saturated rings. The summed E-state index contributed by atoms with van der Waals surface area (Å²) in [5.41, 5.74) is 0.791. The lowest BCUT2D eigenvalue weighted by Crippen LogP contribution is -2.25. The number of hydrogen-bond donors (Lipinski definition) is 2. The number of carbonyl (C=O) groups is 1. The number of benzene rings is 1. The molecule has 2 rings (SSSR count). The fourth-order valence-corrected chi connectivity index (χ4v) is 1.70. The van der Waals surface area contributed by atoms with E-state index in [0.29, 0.717) is 12.3 Å². The maximum Gasteiger partial charge on any atom is 0.263 e. The molecule has 0 saturated carbocycles. The standard InChI is InChI=1S/C16H14FN3O2/c17-14-5-3-12(4-6-14)9-19-10-13(8-18)16(21)20-11-15-2-1-7-22-15/h1-7,10,19H,9,11H2,(H,20,21)/b13-10-. The first-order valence-corrected chi connectivity index (χ1v) is 6.57. The fourth-order valence-electron chi connectivity index (χ4n) is 1.70. The largest absolute Gasteiger partial charge is 0.467 e. The first-order valence-electron chi connectivity index (χ1n) is 6.57. The SMILES string of the molecule is N#C/C(=C/NCc1ccc(F)cc1)C(=O)NCc1ccco1. The molecule has 5 nitrogen and oxygen atoms in total. The number of nitriles is 1. The molecule has 1 aromatic heterocycles. The van der Waals surface area contributed by atoms with Crippen molar-refractivity contribution in [1.29, 1.82) is 5.26 Å². The normalized spacial score (nSPS) is 10.8. The molecule has 6 heteroatoms. The van der Waals surface area contributed by atoms with Gasteiger partial charge < -0.3 is 15.1 Å². The van der Waals surface area contributed by atoms with Crippen LogP contribution in [0.4, 0.5) is 4.39 Å². The van der Waals surface area contributed by atoms with Crippen LogP contribution in [-0.2, 0) is 17.9 Å². The minimum Gasteiger partial charge on any atom is -0.467 e. The summed E-state index contributed by atoms with van der Waals surface area (Å²) in [7, 11) is 0. The van der Waals surface area contributed by atoms with E-state index in [4.69, 9.17) is 9.68 Å². The zero-order chi connectivity index (χ0) is 15.8. The van der Waals surface area contributed by atoms with Crippen LogP contribution in [0, 0.1) is 17.1 Å². The van der Waals surface area contributed by atoms with E-state index in [1.54, 1.807) is 24.3 Å². The highest BCUT2D eigenvalue weighted by atomic mass is 19.1. The van der Waals surface area contributed by atoms with Gasteiger partial charge in [0.2, 0.25) is 0 Å². The van der Waals surface area contributed by atoms with E-state index in [-0.39, 0.29) is 17.9 Å². The van der Waals surface area contributed by atoms with Crippen LogP contribution in [0.15, 0.2) is 58.9 Å². The minimum absolute atomic E-state index is 0.0475. The highest BCUT2D eigenvalue weighted by Gasteiger charge is 2.08. The van der Waals surface area contributed by atoms with Crippen LogP contribution >= 0.6 is 0 Å². The van der Waals surface area contributed by atoms with E-state index in [1.807, 2.05) is 6.07 Å². The summed E-state index contributed by atoms with van der Waals surface area (Å²) in [6.45, 7) is 0.597. The van der Waals surface area contributed by atoms with Gasteiger partial charge in [-0.25, -0.2) is 4.39 Å². The maximum atomic E-state index is 12.8. The molecule has 0 aliphatic heterocycles. The van der Waals surface area contributed by atoms with Gasteiger partial charge in [-0.05, 0) is 29.8 Å².